The van der Waals surface area contributed by atoms with E-state index in [1.165, 1.54) is 35.1 Å². The zero-order valence-corrected chi connectivity index (χ0v) is 18.4. The summed E-state index contributed by atoms with van der Waals surface area (Å²) in [4.78, 5) is 13.9. The Morgan fingerprint density at radius 2 is 1.70 bits per heavy atom. The number of piperidine rings is 1. The quantitative estimate of drug-likeness (QED) is 0.371. The van der Waals surface area contributed by atoms with E-state index in [2.05, 4.69) is 60.4 Å². The van der Waals surface area contributed by atoms with Gasteiger partial charge in [0.2, 0.25) is 0 Å². The second-order valence-corrected chi connectivity index (χ2v) is 8.12. The maximum Gasteiger partial charge on any atom is 0.305 e. The van der Waals surface area contributed by atoms with Gasteiger partial charge in [0.25, 0.3) is 0 Å². The van der Waals surface area contributed by atoms with Crippen LogP contribution >= 0.6 is 0 Å². The van der Waals surface area contributed by atoms with Gasteiger partial charge >= 0.3 is 5.97 Å². The number of rotatable bonds is 10. The Balaban J connectivity index is 1.45. The van der Waals surface area contributed by atoms with Gasteiger partial charge in [-0.1, -0.05) is 54.1 Å². The van der Waals surface area contributed by atoms with Crippen molar-refractivity contribution in [2.75, 3.05) is 19.7 Å². The third-order valence-electron chi connectivity index (χ3n) is 5.72. The maximum absolute atomic E-state index is 11.5. The molecule has 1 heterocycles. The number of carbonyl (C=O) groups is 1. The number of hydrogen-bond donors (Lipinski definition) is 0. The van der Waals surface area contributed by atoms with Gasteiger partial charge in [-0.15, -0.1) is 0 Å². The molecule has 0 N–H and O–H groups in total. The van der Waals surface area contributed by atoms with Gasteiger partial charge in [0.1, 0.15) is 6.23 Å². The molecule has 0 aromatic heterocycles. The van der Waals surface area contributed by atoms with E-state index in [4.69, 9.17) is 9.47 Å². The summed E-state index contributed by atoms with van der Waals surface area (Å²) in [5, 5.41) is 0. The van der Waals surface area contributed by atoms with Crippen molar-refractivity contribution in [2.24, 2.45) is 0 Å². The lowest BCUT2D eigenvalue weighted by Crippen LogP contribution is -2.41. The van der Waals surface area contributed by atoms with Crippen LogP contribution < -0.4 is 0 Å². The van der Waals surface area contributed by atoms with E-state index in [0.717, 1.165) is 32.4 Å². The molecule has 2 aromatic rings. The van der Waals surface area contributed by atoms with Gasteiger partial charge in [-0.3, -0.25) is 9.69 Å². The Morgan fingerprint density at radius 3 is 2.40 bits per heavy atom. The second kappa shape index (κ2) is 11.9. The maximum atomic E-state index is 11.5. The fourth-order valence-corrected chi connectivity index (χ4v) is 3.95. The lowest BCUT2D eigenvalue weighted by molar-refractivity contribution is -0.143. The summed E-state index contributed by atoms with van der Waals surface area (Å²) in [6.45, 7) is 7.13. The first-order chi connectivity index (χ1) is 14.7. The fraction of sp³-hybridized carbons (Fsp3) is 0.500. The molecular weight excluding hydrogens is 374 g/mol. The third kappa shape index (κ3) is 6.96. The smallest absolute Gasteiger partial charge is 0.305 e. The van der Waals surface area contributed by atoms with Crippen molar-refractivity contribution in [3.63, 3.8) is 0 Å². The van der Waals surface area contributed by atoms with Crippen molar-refractivity contribution in [3.8, 4) is 11.1 Å². The van der Waals surface area contributed by atoms with Crippen molar-refractivity contribution in [1.82, 2.24) is 4.90 Å². The molecule has 3 rings (SSSR count). The van der Waals surface area contributed by atoms with Crippen molar-refractivity contribution < 1.29 is 14.3 Å². The zero-order chi connectivity index (χ0) is 21.2. The van der Waals surface area contributed by atoms with Crippen LogP contribution in [0.15, 0.2) is 48.5 Å². The molecule has 0 bridgehead atoms. The second-order valence-electron chi connectivity index (χ2n) is 8.12. The van der Waals surface area contributed by atoms with Crippen molar-refractivity contribution >= 4 is 5.97 Å². The van der Waals surface area contributed by atoms with Crippen molar-refractivity contribution in [1.29, 1.82) is 0 Å². The molecule has 1 fully saturated rings. The number of likely N-dealkylation sites (tertiary alicyclic amines) is 1. The third-order valence-corrected chi connectivity index (χ3v) is 5.72. The Hall–Kier alpha value is -2.17. The van der Waals surface area contributed by atoms with E-state index in [1.54, 1.807) is 0 Å². The van der Waals surface area contributed by atoms with Gasteiger partial charge < -0.3 is 9.47 Å². The van der Waals surface area contributed by atoms with E-state index in [0.29, 0.717) is 19.6 Å². The molecule has 1 aliphatic heterocycles. The lowest BCUT2D eigenvalue weighted by atomic mass is 10.0. The number of carbonyl (C=O) groups excluding carboxylic acids is 1. The lowest BCUT2D eigenvalue weighted by Gasteiger charge is -2.35. The van der Waals surface area contributed by atoms with Crippen molar-refractivity contribution in [2.45, 2.75) is 65.2 Å². The molecule has 1 unspecified atom stereocenters. The average Bonchev–Trinajstić information content (AvgIpc) is 2.77. The van der Waals surface area contributed by atoms with Gasteiger partial charge in [0.05, 0.1) is 13.2 Å². The average molecular weight is 410 g/mol. The minimum atomic E-state index is -0.0852. The van der Waals surface area contributed by atoms with Gasteiger partial charge in [0, 0.05) is 19.5 Å². The molecule has 1 aliphatic rings. The molecule has 0 radical (unpaired) electrons. The summed E-state index contributed by atoms with van der Waals surface area (Å²) in [5.41, 5.74) is 4.97. The van der Waals surface area contributed by atoms with Crippen LogP contribution in [0.2, 0.25) is 0 Å². The highest BCUT2D eigenvalue weighted by atomic mass is 16.5. The number of ether oxygens (including phenoxy) is 2. The molecule has 4 heteroatoms. The van der Waals surface area contributed by atoms with E-state index in [-0.39, 0.29) is 12.2 Å². The molecule has 162 valence electrons. The molecule has 0 saturated carbocycles. The first-order valence-corrected chi connectivity index (χ1v) is 11.3. The predicted molar refractivity (Wildman–Crippen MR) is 121 cm³/mol. The molecule has 0 aliphatic carbocycles. The van der Waals surface area contributed by atoms with Gasteiger partial charge in [-0.25, -0.2) is 0 Å². The molecule has 1 atom stereocenters. The van der Waals surface area contributed by atoms with Crippen LogP contribution in [0.25, 0.3) is 11.1 Å². The van der Waals surface area contributed by atoms with Crippen LogP contribution in [0.1, 0.15) is 56.6 Å². The predicted octanol–water partition coefficient (Wildman–Crippen LogP) is 5.72. The zero-order valence-electron chi connectivity index (χ0n) is 18.4. The normalized spacial score (nSPS) is 17.1. The highest BCUT2D eigenvalue weighted by Crippen LogP contribution is 2.23. The Bertz CT molecular complexity index is 770. The first-order valence-electron chi connectivity index (χ1n) is 11.3. The van der Waals surface area contributed by atoms with Gasteiger partial charge in [0.15, 0.2) is 0 Å². The SMILES string of the molecule is CCOC(=O)CCCCN1CCCCC1OCc1ccc(-c2ccc(C)cc2)cc1. The van der Waals surface area contributed by atoms with E-state index in [1.807, 2.05) is 6.92 Å². The Morgan fingerprint density at radius 1 is 1.00 bits per heavy atom. The molecule has 0 amide bonds. The molecule has 30 heavy (non-hydrogen) atoms. The minimum absolute atomic E-state index is 0.0852. The highest BCUT2D eigenvalue weighted by molar-refractivity contribution is 5.69. The molecule has 2 aromatic carbocycles. The van der Waals surface area contributed by atoms with Crippen LogP contribution in [0, 0.1) is 6.92 Å². The number of unbranched alkanes of at least 4 members (excludes halogenated alkanes) is 1. The fourth-order valence-electron chi connectivity index (χ4n) is 3.95. The van der Waals surface area contributed by atoms with Crippen LogP contribution in [0.5, 0.6) is 0 Å². The number of aryl methyl sites for hydroxylation is 1. The molecule has 1 saturated heterocycles. The van der Waals surface area contributed by atoms with Crippen LogP contribution in [-0.2, 0) is 20.9 Å². The molecule has 4 nitrogen and oxygen atoms in total. The Kier molecular flexibility index (Phi) is 8.91. The van der Waals surface area contributed by atoms with Crippen LogP contribution in [0.4, 0.5) is 0 Å². The largest absolute Gasteiger partial charge is 0.466 e. The standard InChI is InChI=1S/C26H35NO3/c1-3-29-26(28)9-5-7-19-27-18-6-4-8-25(27)30-20-22-12-16-24(17-13-22)23-14-10-21(2)11-15-23/h10-17,25H,3-9,18-20H2,1-2H3. The number of benzene rings is 2. The summed E-state index contributed by atoms with van der Waals surface area (Å²) < 4.78 is 11.3. The number of esters is 1. The minimum Gasteiger partial charge on any atom is -0.466 e. The summed E-state index contributed by atoms with van der Waals surface area (Å²) in [6, 6.07) is 17.3. The number of nitrogens with zero attached hydrogens (tertiary/aromatic N) is 1. The van der Waals surface area contributed by atoms with Crippen LogP contribution in [-0.4, -0.2) is 36.8 Å². The highest BCUT2D eigenvalue weighted by Gasteiger charge is 2.22. The van der Waals surface area contributed by atoms with E-state index < -0.39 is 0 Å². The summed E-state index contributed by atoms with van der Waals surface area (Å²) in [6.07, 6.45) is 6.10. The van der Waals surface area contributed by atoms with Gasteiger partial charge in [-0.05, 0) is 62.6 Å². The Labute approximate surface area is 181 Å². The van der Waals surface area contributed by atoms with E-state index in [9.17, 15) is 4.79 Å². The summed E-state index contributed by atoms with van der Waals surface area (Å²) >= 11 is 0. The summed E-state index contributed by atoms with van der Waals surface area (Å²) in [5.74, 6) is -0.0852. The first kappa shape index (κ1) is 22.5. The van der Waals surface area contributed by atoms with Crippen molar-refractivity contribution in [3.05, 3.63) is 59.7 Å². The number of hydrogen-bond acceptors (Lipinski definition) is 4. The van der Waals surface area contributed by atoms with E-state index >= 15 is 0 Å². The molecule has 0 spiro atoms. The summed E-state index contributed by atoms with van der Waals surface area (Å²) in [7, 11) is 0. The van der Waals surface area contributed by atoms with Gasteiger partial charge in [-0.2, -0.15) is 0 Å². The topological polar surface area (TPSA) is 38.8 Å². The van der Waals surface area contributed by atoms with Crippen LogP contribution in [0.3, 0.4) is 0 Å². The monoisotopic (exact) mass is 409 g/mol. The molecular formula is C26H35NO3.